The first-order valence-corrected chi connectivity index (χ1v) is 6.51. The number of rotatable bonds is 1. The monoisotopic (exact) mass is 415 g/mol. The number of pyridine rings is 1. The predicted octanol–water partition coefficient (Wildman–Crippen LogP) is 3.25. The zero-order chi connectivity index (χ0) is 10.3. The van der Waals surface area contributed by atoms with Gasteiger partial charge in [0.2, 0.25) is 0 Å². The summed E-state index contributed by atoms with van der Waals surface area (Å²) in [5, 5.41) is 3.48. The third-order valence-electron chi connectivity index (χ3n) is 2.21. The molecule has 0 aromatic carbocycles. The molecule has 5 heteroatoms. The summed E-state index contributed by atoms with van der Waals surface area (Å²) < 4.78 is 3.34. The van der Waals surface area contributed by atoms with Gasteiger partial charge in [-0.25, -0.2) is 4.98 Å². The molecule has 1 aromatic rings. The molecular weight excluding hydrogens is 404 g/mol. The Hall–Kier alpha value is 0.210. The van der Waals surface area contributed by atoms with Crippen LogP contribution in [0.5, 0.6) is 0 Å². The van der Waals surface area contributed by atoms with Crippen LogP contribution in [0.3, 0.4) is 0 Å². The zero-order valence-corrected chi connectivity index (χ0v) is 12.3. The van der Waals surface area contributed by atoms with Crippen LogP contribution in [0.25, 0.3) is 0 Å². The first kappa shape index (κ1) is 10.7. The van der Waals surface area contributed by atoms with Crippen molar-refractivity contribution >= 4 is 57.0 Å². The van der Waals surface area contributed by atoms with Crippen LogP contribution in [0.1, 0.15) is 13.8 Å². The summed E-state index contributed by atoms with van der Waals surface area (Å²) in [6.45, 7) is 4.42. The third-order valence-corrected chi connectivity index (χ3v) is 3.86. The molecule has 2 heterocycles. The number of aromatic nitrogens is 1. The van der Waals surface area contributed by atoms with Crippen LogP contribution in [0.4, 0.5) is 11.5 Å². The topological polar surface area (TPSA) is 28.2 Å². The maximum Gasteiger partial charge on any atom is 0.162 e. The molecule has 1 aromatic heterocycles. The molecule has 0 spiro atoms. The Morgan fingerprint density at radius 1 is 1.57 bits per heavy atom. The molecule has 1 atom stereocenters. The highest BCUT2D eigenvalue weighted by atomic mass is 127. The van der Waals surface area contributed by atoms with Crippen molar-refractivity contribution in [2.24, 2.45) is 5.92 Å². The van der Waals surface area contributed by atoms with Crippen molar-refractivity contribution in [3.63, 3.8) is 0 Å². The molecule has 0 saturated carbocycles. The Kier molecular flexibility index (Phi) is 3.06. The van der Waals surface area contributed by atoms with E-state index in [1.54, 1.807) is 0 Å². The van der Waals surface area contributed by atoms with E-state index >= 15 is 0 Å². The second-order valence-electron chi connectivity index (χ2n) is 3.67. The van der Waals surface area contributed by atoms with Gasteiger partial charge in [0.05, 0.1) is 28.6 Å². The van der Waals surface area contributed by atoms with Gasteiger partial charge in [-0.3, -0.25) is 3.11 Å². The SMILES string of the molecule is CC(C)C1Nc2cc(I)cnc2N1I. The molecule has 1 N–H and O–H groups in total. The highest BCUT2D eigenvalue weighted by Crippen LogP contribution is 2.37. The van der Waals surface area contributed by atoms with E-state index in [0.717, 1.165) is 11.5 Å². The second-order valence-corrected chi connectivity index (χ2v) is 5.95. The molecule has 14 heavy (non-hydrogen) atoms. The number of fused-ring (bicyclic) bond motifs is 1. The Balaban J connectivity index is 2.35. The quantitative estimate of drug-likeness (QED) is 0.564. The molecule has 0 fully saturated rings. The zero-order valence-electron chi connectivity index (χ0n) is 7.96. The molecule has 0 radical (unpaired) electrons. The van der Waals surface area contributed by atoms with Crippen LogP contribution in [0, 0.1) is 9.49 Å². The fourth-order valence-electron chi connectivity index (χ4n) is 1.48. The smallest absolute Gasteiger partial charge is 0.162 e. The maximum absolute atomic E-state index is 4.42. The molecule has 0 aliphatic carbocycles. The fraction of sp³-hybridized carbons (Fsp3) is 0.444. The minimum absolute atomic E-state index is 0.358. The maximum atomic E-state index is 4.42. The van der Waals surface area contributed by atoms with E-state index in [4.69, 9.17) is 0 Å². The lowest BCUT2D eigenvalue weighted by molar-refractivity contribution is 0.564. The Morgan fingerprint density at radius 2 is 2.29 bits per heavy atom. The predicted molar refractivity (Wildman–Crippen MR) is 75.7 cm³/mol. The van der Waals surface area contributed by atoms with Gasteiger partial charge in [-0.05, 0) is 34.6 Å². The summed E-state index contributed by atoms with van der Waals surface area (Å²) in [6, 6.07) is 2.14. The van der Waals surface area contributed by atoms with Gasteiger partial charge in [-0.15, -0.1) is 0 Å². The summed E-state index contributed by atoms with van der Waals surface area (Å²) in [5.41, 5.74) is 1.14. The van der Waals surface area contributed by atoms with Gasteiger partial charge in [0, 0.05) is 9.77 Å². The Bertz CT molecular complexity index is 354. The molecule has 1 aliphatic heterocycles. The molecule has 2 rings (SSSR count). The minimum atomic E-state index is 0.358. The van der Waals surface area contributed by atoms with Gasteiger partial charge in [0.1, 0.15) is 6.17 Å². The van der Waals surface area contributed by atoms with Crippen LogP contribution < -0.4 is 8.43 Å². The van der Waals surface area contributed by atoms with Crippen LogP contribution >= 0.6 is 45.5 Å². The van der Waals surface area contributed by atoms with Gasteiger partial charge in [0.15, 0.2) is 5.82 Å². The van der Waals surface area contributed by atoms with E-state index in [9.17, 15) is 0 Å². The Morgan fingerprint density at radius 3 is 2.93 bits per heavy atom. The molecular formula is C9H11I2N3. The number of nitrogens with one attached hydrogen (secondary N) is 1. The lowest BCUT2D eigenvalue weighted by atomic mass is 10.2. The molecule has 1 aliphatic rings. The molecule has 3 nitrogen and oxygen atoms in total. The molecule has 0 saturated heterocycles. The number of nitrogens with zero attached hydrogens (tertiary/aromatic N) is 2. The normalized spacial score (nSPS) is 19.8. The minimum Gasteiger partial charge on any atom is -0.361 e. The molecule has 0 amide bonds. The average molecular weight is 415 g/mol. The van der Waals surface area contributed by atoms with E-state index in [1.807, 2.05) is 6.20 Å². The summed E-state index contributed by atoms with van der Waals surface area (Å²) in [6.07, 6.45) is 2.26. The molecule has 0 bridgehead atoms. The van der Waals surface area contributed by atoms with Gasteiger partial charge in [-0.2, -0.15) is 0 Å². The van der Waals surface area contributed by atoms with Crippen molar-refractivity contribution in [3.8, 4) is 0 Å². The van der Waals surface area contributed by atoms with Gasteiger partial charge in [0.25, 0.3) is 0 Å². The van der Waals surface area contributed by atoms with Crippen molar-refractivity contribution in [2.45, 2.75) is 20.0 Å². The molecule has 1 unspecified atom stereocenters. The lowest BCUT2D eigenvalue weighted by Crippen LogP contribution is -2.33. The van der Waals surface area contributed by atoms with E-state index in [-0.39, 0.29) is 0 Å². The lowest BCUT2D eigenvalue weighted by Gasteiger charge is -2.22. The number of hydrogen-bond donors (Lipinski definition) is 1. The van der Waals surface area contributed by atoms with Crippen LogP contribution in [-0.4, -0.2) is 11.1 Å². The summed E-state index contributed by atoms with van der Waals surface area (Å²) in [5.74, 6) is 1.61. The van der Waals surface area contributed by atoms with E-state index in [0.29, 0.717) is 12.1 Å². The van der Waals surface area contributed by atoms with Crippen molar-refractivity contribution in [1.82, 2.24) is 4.98 Å². The number of anilines is 2. The van der Waals surface area contributed by atoms with Crippen LogP contribution in [0.2, 0.25) is 0 Å². The first-order valence-electron chi connectivity index (χ1n) is 4.46. The first-order chi connectivity index (χ1) is 6.59. The highest BCUT2D eigenvalue weighted by molar-refractivity contribution is 14.1. The van der Waals surface area contributed by atoms with Crippen molar-refractivity contribution in [2.75, 3.05) is 8.43 Å². The van der Waals surface area contributed by atoms with Crippen LogP contribution in [0.15, 0.2) is 12.3 Å². The summed E-state index contributed by atoms with van der Waals surface area (Å²) in [4.78, 5) is 4.42. The largest absolute Gasteiger partial charge is 0.361 e. The second kappa shape index (κ2) is 3.99. The van der Waals surface area contributed by atoms with Crippen molar-refractivity contribution in [1.29, 1.82) is 0 Å². The summed E-state index contributed by atoms with van der Waals surface area (Å²) >= 11 is 4.60. The van der Waals surface area contributed by atoms with E-state index in [1.165, 1.54) is 3.57 Å². The van der Waals surface area contributed by atoms with Crippen molar-refractivity contribution in [3.05, 3.63) is 15.8 Å². The van der Waals surface area contributed by atoms with Gasteiger partial charge in [-0.1, -0.05) is 13.8 Å². The number of halogens is 2. The standard InChI is InChI=1S/C9H11I2N3/c1-5(2)8-13-7-3-6(10)4-12-9(7)14(8)11/h3-5,8,13H,1-2H3. The third kappa shape index (κ3) is 1.80. The fourth-order valence-corrected chi connectivity index (χ4v) is 3.10. The Labute approximate surface area is 111 Å². The van der Waals surface area contributed by atoms with E-state index < -0.39 is 0 Å². The number of hydrogen-bond acceptors (Lipinski definition) is 3. The van der Waals surface area contributed by atoms with Crippen molar-refractivity contribution < 1.29 is 0 Å². The average Bonchev–Trinajstić information content (AvgIpc) is 2.43. The van der Waals surface area contributed by atoms with Gasteiger partial charge < -0.3 is 5.32 Å². The highest BCUT2D eigenvalue weighted by Gasteiger charge is 2.30. The van der Waals surface area contributed by atoms with E-state index in [2.05, 4.69) is 78.8 Å². The summed E-state index contributed by atoms with van der Waals surface area (Å²) in [7, 11) is 0. The van der Waals surface area contributed by atoms with Gasteiger partial charge >= 0.3 is 0 Å². The molecule has 76 valence electrons. The van der Waals surface area contributed by atoms with Crippen LogP contribution in [-0.2, 0) is 0 Å².